The summed E-state index contributed by atoms with van der Waals surface area (Å²) in [5.41, 5.74) is 0.650. The minimum Gasteiger partial charge on any atom is -0.426 e. The number of para-hydroxylation sites is 1. The zero-order valence-electron chi connectivity index (χ0n) is 8.85. The van der Waals surface area contributed by atoms with E-state index in [0.717, 1.165) is 37.2 Å². The highest BCUT2D eigenvalue weighted by atomic mass is 32.1. The van der Waals surface area contributed by atoms with Crippen LogP contribution < -0.4 is 4.74 Å². The molecule has 1 spiro atoms. The van der Waals surface area contributed by atoms with Crippen molar-refractivity contribution in [3.8, 4) is 5.75 Å². The molecule has 0 bridgehead atoms. The largest absolute Gasteiger partial charge is 0.426 e. The lowest BCUT2D eigenvalue weighted by atomic mass is 9.74. The monoisotopic (exact) mass is 235 g/mol. The van der Waals surface area contributed by atoms with Gasteiger partial charge in [0.25, 0.3) is 0 Å². The van der Waals surface area contributed by atoms with Crippen LogP contribution in [0.1, 0.15) is 18.4 Å². The maximum Gasteiger partial charge on any atom is 0.322 e. The molecular formula is C12H13NO2S. The van der Waals surface area contributed by atoms with Gasteiger partial charge >= 0.3 is 5.97 Å². The molecule has 0 aliphatic carbocycles. The van der Waals surface area contributed by atoms with Crippen LogP contribution in [0, 0.1) is 0 Å². The fourth-order valence-corrected chi connectivity index (χ4v) is 2.81. The molecule has 1 fully saturated rings. The van der Waals surface area contributed by atoms with Crippen LogP contribution in [-0.2, 0) is 10.2 Å². The molecule has 84 valence electrons. The van der Waals surface area contributed by atoms with Gasteiger partial charge in [0.05, 0.1) is 5.41 Å². The molecule has 16 heavy (non-hydrogen) atoms. The van der Waals surface area contributed by atoms with Crippen LogP contribution in [0.2, 0.25) is 0 Å². The van der Waals surface area contributed by atoms with Gasteiger partial charge in [0.1, 0.15) is 5.75 Å². The second-order valence-electron chi connectivity index (χ2n) is 4.42. The molecule has 0 amide bonds. The number of ether oxygens (including phenoxy) is 1. The Hall–Kier alpha value is -1.00. The van der Waals surface area contributed by atoms with Crippen LogP contribution in [0.4, 0.5) is 0 Å². The summed E-state index contributed by atoms with van der Waals surface area (Å²) in [6.07, 6.45) is 1.60. The van der Waals surface area contributed by atoms with Crippen molar-refractivity contribution in [2.75, 3.05) is 13.1 Å². The van der Waals surface area contributed by atoms with Crippen molar-refractivity contribution in [3.05, 3.63) is 29.8 Å². The van der Waals surface area contributed by atoms with Crippen molar-refractivity contribution in [1.82, 2.24) is 4.31 Å². The van der Waals surface area contributed by atoms with E-state index in [0.29, 0.717) is 0 Å². The number of nitrogens with zero attached hydrogens (tertiary/aromatic N) is 1. The quantitative estimate of drug-likeness (QED) is 0.422. The van der Waals surface area contributed by atoms with Crippen LogP contribution in [0.25, 0.3) is 0 Å². The Labute approximate surface area is 99.9 Å². The fraction of sp³-hybridized carbons (Fsp3) is 0.417. The molecule has 1 saturated heterocycles. The average Bonchev–Trinajstić information content (AvgIpc) is 2.57. The maximum absolute atomic E-state index is 12.0. The van der Waals surface area contributed by atoms with E-state index in [4.69, 9.17) is 4.74 Å². The first-order chi connectivity index (χ1) is 7.72. The number of esters is 1. The van der Waals surface area contributed by atoms with Gasteiger partial charge in [0.15, 0.2) is 0 Å². The first-order valence-electron chi connectivity index (χ1n) is 5.48. The number of rotatable bonds is 0. The van der Waals surface area contributed by atoms with Gasteiger partial charge in [-0.3, -0.25) is 9.10 Å². The predicted molar refractivity (Wildman–Crippen MR) is 63.5 cm³/mol. The third kappa shape index (κ3) is 1.30. The molecule has 3 nitrogen and oxygen atoms in total. The summed E-state index contributed by atoms with van der Waals surface area (Å²) in [7, 11) is 0. The summed E-state index contributed by atoms with van der Waals surface area (Å²) in [6, 6.07) is 7.75. The number of carbonyl (C=O) groups excluding carboxylic acids is 1. The molecule has 0 atom stereocenters. The highest BCUT2D eigenvalue weighted by Crippen LogP contribution is 2.46. The summed E-state index contributed by atoms with van der Waals surface area (Å²) in [5.74, 6) is 0.648. The molecule has 0 saturated carbocycles. The summed E-state index contributed by atoms with van der Waals surface area (Å²) in [4.78, 5) is 12.0. The standard InChI is InChI=1S/C12H13NO2S/c14-11-12(5-7-13(16)8-6-12)9-3-1-2-4-10(9)15-11/h1-4,16H,5-8H2. The molecule has 3 rings (SSSR count). The highest BCUT2D eigenvalue weighted by Gasteiger charge is 2.50. The smallest absolute Gasteiger partial charge is 0.322 e. The first-order valence-corrected chi connectivity index (χ1v) is 5.88. The molecule has 0 unspecified atom stereocenters. The van der Waals surface area contributed by atoms with Crippen LogP contribution in [0.15, 0.2) is 24.3 Å². The first kappa shape index (κ1) is 10.2. The second-order valence-corrected chi connectivity index (χ2v) is 4.99. The molecular weight excluding hydrogens is 222 g/mol. The molecule has 1 aromatic carbocycles. The molecule has 2 aliphatic heterocycles. The number of piperidine rings is 1. The van der Waals surface area contributed by atoms with Crippen molar-refractivity contribution in [1.29, 1.82) is 0 Å². The van der Waals surface area contributed by atoms with Gasteiger partial charge in [-0.15, -0.1) is 0 Å². The Kier molecular flexibility index (Phi) is 2.23. The van der Waals surface area contributed by atoms with Crippen LogP contribution >= 0.6 is 12.8 Å². The third-order valence-corrected chi connectivity index (χ3v) is 3.99. The normalized spacial score (nSPS) is 23.2. The molecule has 4 heteroatoms. The second kappa shape index (κ2) is 3.50. The highest BCUT2D eigenvalue weighted by molar-refractivity contribution is 7.77. The van der Waals surface area contributed by atoms with E-state index in [1.807, 2.05) is 28.6 Å². The number of carbonyl (C=O) groups is 1. The zero-order valence-corrected chi connectivity index (χ0v) is 9.74. The molecule has 0 radical (unpaired) electrons. The molecule has 2 heterocycles. The Bertz CT molecular complexity index is 438. The molecule has 0 N–H and O–H groups in total. The SMILES string of the molecule is O=C1Oc2ccccc2C12CCN(S)CC2. The Morgan fingerprint density at radius 2 is 1.94 bits per heavy atom. The van der Waals surface area contributed by atoms with E-state index < -0.39 is 5.41 Å². The van der Waals surface area contributed by atoms with Crippen LogP contribution in [-0.4, -0.2) is 23.4 Å². The molecule has 0 aromatic heterocycles. The van der Waals surface area contributed by atoms with Crippen LogP contribution in [0.3, 0.4) is 0 Å². The molecule has 2 aliphatic rings. The molecule has 1 aromatic rings. The lowest BCUT2D eigenvalue weighted by molar-refractivity contribution is -0.139. The summed E-state index contributed by atoms with van der Waals surface area (Å²) >= 11 is 4.32. The van der Waals surface area contributed by atoms with E-state index in [1.54, 1.807) is 0 Å². The van der Waals surface area contributed by atoms with Crippen molar-refractivity contribution < 1.29 is 9.53 Å². The summed E-state index contributed by atoms with van der Waals surface area (Å²) in [5, 5.41) is 0. The van der Waals surface area contributed by atoms with Gasteiger partial charge in [-0.25, -0.2) is 0 Å². The third-order valence-electron chi connectivity index (χ3n) is 3.59. The maximum atomic E-state index is 12.0. The van der Waals surface area contributed by atoms with E-state index in [2.05, 4.69) is 12.8 Å². The fourth-order valence-electron chi connectivity index (χ4n) is 2.61. The van der Waals surface area contributed by atoms with Gasteiger partial charge in [-0.1, -0.05) is 31.0 Å². The van der Waals surface area contributed by atoms with Crippen molar-refractivity contribution in [2.45, 2.75) is 18.3 Å². The Balaban J connectivity index is 2.04. The van der Waals surface area contributed by atoms with Gasteiger partial charge in [-0.05, 0) is 18.9 Å². The van der Waals surface area contributed by atoms with Crippen molar-refractivity contribution in [2.24, 2.45) is 0 Å². The minimum absolute atomic E-state index is 0.0878. The van der Waals surface area contributed by atoms with E-state index >= 15 is 0 Å². The van der Waals surface area contributed by atoms with Gasteiger partial charge in [-0.2, -0.15) is 0 Å². The minimum atomic E-state index is -0.407. The van der Waals surface area contributed by atoms with Crippen molar-refractivity contribution >= 4 is 18.8 Å². The number of benzene rings is 1. The van der Waals surface area contributed by atoms with E-state index in [-0.39, 0.29) is 5.97 Å². The van der Waals surface area contributed by atoms with Crippen molar-refractivity contribution in [3.63, 3.8) is 0 Å². The van der Waals surface area contributed by atoms with E-state index in [9.17, 15) is 4.79 Å². The lowest BCUT2D eigenvalue weighted by Crippen LogP contribution is -2.43. The Morgan fingerprint density at radius 1 is 1.25 bits per heavy atom. The topological polar surface area (TPSA) is 29.5 Å². The summed E-state index contributed by atoms with van der Waals surface area (Å²) < 4.78 is 7.31. The summed E-state index contributed by atoms with van der Waals surface area (Å²) in [6.45, 7) is 1.65. The number of thiol groups is 1. The zero-order chi connectivity index (χ0) is 11.2. The van der Waals surface area contributed by atoms with Gasteiger partial charge < -0.3 is 4.74 Å². The Morgan fingerprint density at radius 3 is 2.69 bits per heavy atom. The van der Waals surface area contributed by atoms with Gasteiger partial charge in [0, 0.05) is 18.7 Å². The van der Waals surface area contributed by atoms with Gasteiger partial charge in [0.2, 0.25) is 0 Å². The predicted octanol–water partition coefficient (Wildman–Crippen LogP) is 1.78. The number of fused-ring (bicyclic) bond motifs is 2. The number of hydrogen-bond acceptors (Lipinski definition) is 4. The lowest BCUT2D eigenvalue weighted by Gasteiger charge is -2.34. The number of hydrogen-bond donors (Lipinski definition) is 1. The van der Waals surface area contributed by atoms with E-state index in [1.165, 1.54) is 0 Å². The van der Waals surface area contributed by atoms with Crippen LogP contribution in [0.5, 0.6) is 5.75 Å². The average molecular weight is 235 g/mol.